The second kappa shape index (κ2) is 4.35. The van der Waals surface area contributed by atoms with Crippen molar-refractivity contribution in [3.8, 4) is 0 Å². The number of aliphatic imine (C=N–C) groups is 1. The Morgan fingerprint density at radius 1 is 1.12 bits per heavy atom. The minimum Gasteiger partial charge on any atom is -0.370 e. The molecular formula is C12H26IN3. The molecular weight excluding hydrogens is 313 g/mol. The summed E-state index contributed by atoms with van der Waals surface area (Å²) in [7, 11) is 0. The first kappa shape index (κ1) is 16.0. The van der Waals surface area contributed by atoms with Crippen LogP contribution in [-0.2, 0) is 0 Å². The molecule has 96 valence electrons. The smallest absolute Gasteiger partial charge is 0.189 e. The van der Waals surface area contributed by atoms with Crippen LogP contribution in [0.2, 0.25) is 0 Å². The molecule has 0 saturated heterocycles. The van der Waals surface area contributed by atoms with E-state index in [1.807, 2.05) is 0 Å². The van der Waals surface area contributed by atoms with Gasteiger partial charge < -0.3 is 11.1 Å². The predicted molar refractivity (Wildman–Crippen MR) is 81.3 cm³/mol. The molecule has 0 aromatic carbocycles. The van der Waals surface area contributed by atoms with Crippen LogP contribution in [0.3, 0.4) is 0 Å². The minimum absolute atomic E-state index is 0. The summed E-state index contributed by atoms with van der Waals surface area (Å²) in [6.45, 7) is 15.2. The molecule has 1 fully saturated rings. The predicted octanol–water partition coefficient (Wildman–Crippen LogP) is 2.74. The van der Waals surface area contributed by atoms with E-state index in [0.717, 1.165) is 0 Å². The first-order valence-corrected chi connectivity index (χ1v) is 5.60. The zero-order chi connectivity index (χ0) is 12.1. The Hall–Kier alpha value is 0. The Kier molecular flexibility index (Phi) is 4.35. The highest BCUT2D eigenvalue weighted by molar-refractivity contribution is 14.0. The third-order valence-electron chi connectivity index (χ3n) is 3.72. The lowest BCUT2D eigenvalue weighted by molar-refractivity contribution is 0.457. The van der Waals surface area contributed by atoms with Crippen LogP contribution in [-0.4, -0.2) is 17.5 Å². The molecule has 0 amide bonds. The van der Waals surface area contributed by atoms with Gasteiger partial charge in [0, 0.05) is 5.54 Å². The van der Waals surface area contributed by atoms with Crippen LogP contribution in [0, 0.1) is 10.8 Å². The highest BCUT2D eigenvalue weighted by Gasteiger charge is 2.65. The maximum absolute atomic E-state index is 5.88. The number of rotatable bonds is 1. The van der Waals surface area contributed by atoms with Gasteiger partial charge in [-0.25, -0.2) is 4.99 Å². The van der Waals surface area contributed by atoms with Crippen LogP contribution >= 0.6 is 24.0 Å². The fourth-order valence-corrected chi connectivity index (χ4v) is 2.04. The van der Waals surface area contributed by atoms with E-state index in [0.29, 0.717) is 12.0 Å². The van der Waals surface area contributed by atoms with Crippen molar-refractivity contribution in [2.24, 2.45) is 21.6 Å². The van der Waals surface area contributed by atoms with E-state index in [4.69, 9.17) is 5.73 Å². The quantitative estimate of drug-likeness (QED) is 0.438. The van der Waals surface area contributed by atoms with Gasteiger partial charge in [0.2, 0.25) is 0 Å². The van der Waals surface area contributed by atoms with Gasteiger partial charge in [-0.1, -0.05) is 27.7 Å². The molecule has 0 bridgehead atoms. The molecule has 3 N–H and O–H groups in total. The van der Waals surface area contributed by atoms with Gasteiger partial charge in [-0.3, -0.25) is 0 Å². The summed E-state index contributed by atoms with van der Waals surface area (Å²) >= 11 is 0. The molecule has 0 unspecified atom stereocenters. The van der Waals surface area contributed by atoms with Crippen LogP contribution in [0.1, 0.15) is 48.5 Å². The Morgan fingerprint density at radius 2 is 1.50 bits per heavy atom. The second-order valence-corrected chi connectivity index (χ2v) is 6.74. The van der Waals surface area contributed by atoms with Crippen molar-refractivity contribution in [2.75, 3.05) is 0 Å². The lowest BCUT2D eigenvalue weighted by Crippen LogP contribution is -2.45. The molecule has 0 heterocycles. The van der Waals surface area contributed by atoms with Gasteiger partial charge >= 0.3 is 0 Å². The highest BCUT2D eigenvalue weighted by Crippen LogP contribution is 2.64. The van der Waals surface area contributed by atoms with Gasteiger partial charge in [-0.05, 0) is 31.6 Å². The van der Waals surface area contributed by atoms with E-state index < -0.39 is 0 Å². The molecule has 0 aromatic heterocycles. The molecule has 0 radical (unpaired) electrons. The lowest BCUT2D eigenvalue weighted by atomic mass is 10.0. The Labute approximate surface area is 117 Å². The van der Waals surface area contributed by atoms with Crippen LogP contribution in [0.5, 0.6) is 0 Å². The highest BCUT2D eigenvalue weighted by atomic mass is 127. The summed E-state index contributed by atoms with van der Waals surface area (Å²) in [5.74, 6) is 0.561. The van der Waals surface area contributed by atoms with Crippen molar-refractivity contribution < 1.29 is 0 Å². The summed E-state index contributed by atoms with van der Waals surface area (Å²) in [6.07, 6.45) is 0. The van der Waals surface area contributed by atoms with E-state index in [-0.39, 0.29) is 40.3 Å². The van der Waals surface area contributed by atoms with E-state index in [1.165, 1.54) is 0 Å². The Bertz CT molecular complexity index is 273. The summed E-state index contributed by atoms with van der Waals surface area (Å²) in [5.41, 5.74) is 6.39. The van der Waals surface area contributed by atoms with Crippen molar-refractivity contribution in [1.29, 1.82) is 0 Å². The fraction of sp³-hybridized carbons (Fsp3) is 0.917. The summed E-state index contributed by atoms with van der Waals surface area (Å²) in [4.78, 5) is 4.56. The molecule has 0 aromatic rings. The zero-order valence-electron chi connectivity index (χ0n) is 11.5. The summed E-state index contributed by atoms with van der Waals surface area (Å²) < 4.78 is 0. The average Bonchev–Trinajstić information content (AvgIpc) is 2.28. The van der Waals surface area contributed by atoms with E-state index in [2.05, 4.69) is 58.8 Å². The zero-order valence-corrected chi connectivity index (χ0v) is 13.8. The molecule has 0 aliphatic heterocycles. The van der Waals surface area contributed by atoms with Crippen LogP contribution in [0.25, 0.3) is 0 Å². The fourth-order valence-electron chi connectivity index (χ4n) is 2.04. The first-order chi connectivity index (χ1) is 6.48. The van der Waals surface area contributed by atoms with Crippen LogP contribution in [0.15, 0.2) is 4.99 Å². The molecule has 3 nitrogen and oxygen atoms in total. The normalized spacial score (nSPS) is 23.6. The van der Waals surface area contributed by atoms with Crippen molar-refractivity contribution in [3.05, 3.63) is 0 Å². The van der Waals surface area contributed by atoms with E-state index >= 15 is 0 Å². The van der Waals surface area contributed by atoms with E-state index in [1.54, 1.807) is 0 Å². The van der Waals surface area contributed by atoms with Gasteiger partial charge in [0.05, 0.1) is 6.04 Å². The number of nitrogens with zero attached hydrogens (tertiary/aromatic N) is 1. The molecule has 16 heavy (non-hydrogen) atoms. The molecule has 0 spiro atoms. The lowest BCUT2D eigenvalue weighted by Gasteiger charge is -2.21. The molecule has 1 saturated carbocycles. The van der Waals surface area contributed by atoms with Gasteiger partial charge in [-0.15, -0.1) is 24.0 Å². The Balaban J connectivity index is 0.00000225. The number of nitrogens with one attached hydrogen (secondary N) is 1. The molecule has 1 rings (SSSR count). The van der Waals surface area contributed by atoms with Gasteiger partial charge in [0.15, 0.2) is 5.96 Å². The number of nitrogens with two attached hydrogens (primary N) is 1. The van der Waals surface area contributed by atoms with Gasteiger partial charge in [-0.2, -0.15) is 0 Å². The summed E-state index contributed by atoms with van der Waals surface area (Å²) in [6, 6.07) is 0.333. The molecule has 4 heteroatoms. The van der Waals surface area contributed by atoms with Crippen molar-refractivity contribution in [2.45, 2.75) is 60.0 Å². The van der Waals surface area contributed by atoms with Gasteiger partial charge in [0.25, 0.3) is 0 Å². The topological polar surface area (TPSA) is 50.4 Å². The van der Waals surface area contributed by atoms with E-state index in [9.17, 15) is 0 Å². The number of halogens is 1. The first-order valence-electron chi connectivity index (χ1n) is 5.60. The monoisotopic (exact) mass is 339 g/mol. The third kappa shape index (κ3) is 3.02. The number of hydrogen-bond acceptors (Lipinski definition) is 1. The SMILES string of the molecule is CC(C)(C)NC(N)=NC1C(C)(C)C1(C)C.I. The maximum Gasteiger partial charge on any atom is 0.189 e. The third-order valence-corrected chi connectivity index (χ3v) is 3.72. The maximum atomic E-state index is 5.88. The molecule has 0 atom stereocenters. The van der Waals surface area contributed by atoms with Crippen molar-refractivity contribution >= 4 is 29.9 Å². The largest absolute Gasteiger partial charge is 0.370 e. The number of hydrogen-bond donors (Lipinski definition) is 2. The summed E-state index contributed by atoms with van der Waals surface area (Å²) in [5, 5.41) is 3.19. The van der Waals surface area contributed by atoms with Crippen LogP contribution < -0.4 is 11.1 Å². The van der Waals surface area contributed by atoms with Crippen molar-refractivity contribution in [1.82, 2.24) is 5.32 Å². The second-order valence-electron chi connectivity index (χ2n) is 6.74. The number of guanidine groups is 1. The van der Waals surface area contributed by atoms with Crippen molar-refractivity contribution in [3.63, 3.8) is 0 Å². The van der Waals surface area contributed by atoms with Gasteiger partial charge in [0.1, 0.15) is 0 Å². The standard InChI is InChI=1S/C12H25N3.HI/c1-10(2,3)15-9(13)14-8-11(4,5)12(8,6)7;/h8H,1-7H3,(H3,13,14,15);1H. The average molecular weight is 339 g/mol. The molecule has 1 aliphatic carbocycles. The molecule has 1 aliphatic rings. The van der Waals surface area contributed by atoms with Crippen LogP contribution in [0.4, 0.5) is 0 Å². The Morgan fingerprint density at radius 3 is 1.75 bits per heavy atom. The minimum atomic E-state index is -0.0171.